The number of anilines is 1. The number of piperidine rings is 1. The van der Waals surface area contributed by atoms with E-state index in [-0.39, 0.29) is 17.7 Å². The molecule has 0 bridgehead atoms. The van der Waals surface area contributed by atoms with Crippen LogP contribution in [0.15, 0.2) is 18.2 Å². The number of methoxy groups -OCH3 is 1. The number of amides is 2. The summed E-state index contributed by atoms with van der Waals surface area (Å²) in [4.78, 5) is 25.8. The Morgan fingerprint density at radius 1 is 1.30 bits per heavy atom. The van der Waals surface area contributed by atoms with Crippen molar-refractivity contribution < 1.29 is 14.3 Å². The number of carbonyl (C=O) groups excluding carboxylic acids is 2. The number of ether oxygens (including phenoxy) is 1. The van der Waals surface area contributed by atoms with Crippen molar-refractivity contribution in [3.05, 3.63) is 23.8 Å². The van der Waals surface area contributed by atoms with Gasteiger partial charge in [0.05, 0.1) is 13.0 Å². The van der Waals surface area contributed by atoms with Crippen LogP contribution in [0.3, 0.4) is 0 Å². The van der Waals surface area contributed by atoms with Crippen LogP contribution in [0.1, 0.15) is 31.2 Å². The Kier molecular flexibility index (Phi) is 4.52. The maximum absolute atomic E-state index is 12.1. The fraction of sp³-hybridized carbons (Fsp3) is 0.529. The van der Waals surface area contributed by atoms with Crippen LogP contribution < -0.4 is 20.3 Å². The summed E-state index contributed by atoms with van der Waals surface area (Å²) in [5.74, 6) is -0.0424. The number of hydrogen-bond acceptors (Lipinski definition) is 5. The molecule has 2 aliphatic rings. The summed E-state index contributed by atoms with van der Waals surface area (Å²) >= 11 is 0. The summed E-state index contributed by atoms with van der Waals surface area (Å²) in [6.07, 6.45) is 0.903. The van der Waals surface area contributed by atoms with E-state index in [2.05, 4.69) is 22.5 Å². The van der Waals surface area contributed by atoms with Gasteiger partial charge in [-0.15, -0.1) is 0 Å². The molecule has 2 amide bonds. The molecule has 3 rings (SSSR count). The fourth-order valence-electron chi connectivity index (χ4n) is 3.38. The third-order valence-corrected chi connectivity index (χ3v) is 4.66. The van der Waals surface area contributed by atoms with Gasteiger partial charge in [0.15, 0.2) is 0 Å². The highest BCUT2D eigenvalue weighted by atomic mass is 16.5. The minimum absolute atomic E-state index is 0.198. The molecule has 0 radical (unpaired) electrons. The van der Waals surface area contributed by atoms with Crippen molar-refractivity contribution >= 4 is 17.5 Å². The van der Waals surface area contributed by atoms with Gasteiger partial charge >= 0.3 is 0 Å². The molecule has 0 saturated carbocycles. The second-order valence-corrected chi connectivity index (χ2v) is 6.18. The van der Waals surface area contributed by atoms with Gasteiger partial charge in [0.2, 0.25) is 11.8 Å². The highest BCUT2D eigenvalue weighted by molar-refractivity contribution is 6.01. The van der Waals surface area contributed by atoms with Crippen LogP contribution in [-0.2, 0) is 9.59 Å². The first kappa shape index (κ1) is 15.8. The van der Waals surface area contributed by atoms with E-state index < -0.39 is 0 Å². The molecule has 6 nitrogen and oxygen atoms in total. The summed E-state index contributed by atoms with van der Waals surface area (Å²) in [5, 5.41) is 5.79. The van der Waals surface area contributed by atoms with E-state index in [0.717, 1.165) is 30.9 Å². The Bertz CT molecular complexity index is 617. The Balaban J connectivity index is 1.88. The number of hydrogen-bond donors (Lipinski definition) is 2. The standard InChI is InChI=1S/C17H23N3O3/c1-11-10-18-7-8-20(11)12-3-4-13(15(9-12)23-2)14-5-6-16(21)19-17(14)22/h3-4,9,11,14,18H,5-8,10H2,1-2H3,(H,19,21,22)/t11-,14?/m1/s1. The number of nitrogens with zero attached hydrogens (tertiary/aromatic N) is 1. The molecule has 0 aliphatic carbocycles. The lowest BCUT2D eigenvalue weighted by atomic mass is 9.89. The summed E-state index contributed by atoms with van der Waals surface area (Å²) in [6, 6.07) is 6.42. The van der Waals surface area contributed by atoms with Gasteiger partial charge in [-0.25, -0.2) is 0 Å². The Morgan fingerprint density at radius 3 is 2.83 bits per heavy atom. The van der Waals surface area contributed by atoms with Crippen molar-refractivity contribution in [2.24, 2.45) is 0 Å². The molecule has 1 aromatic carbocycles. The number of imide groups is 1. The maximum Gasteiger partial charge on any atom is 0.234 e. The third kappa shape index (κ3) is 3.17. The second-order valence-electron chi connectivity index (χ2n) is 6.18. The number of nitrogens with one attached hydrogen (secondary N) is 2. The number of rotatable bonds is 3. The first-order valence-electron chi connectivity index (χ1n) is 8.09. The highest BCUT2D eigenvalue weighted by Crippen LogP contribution is 2.35. The predicted octanol–water partition coefficient (Wildman–Crippen LogP) is 1.01. The van der Waals surface area contributed by atoms with E-state index in [1.807, 2.05) is 18.2 Å². The van der Waals surface area contributed by atoms with Crippen molar-refractivity contribution in [3.63, 3.8) is 0 Å². The molecule has 2 heterocycles. The Labute approximate surface area is 136 Å². The van der Waals surface area contributed by atoms with E-state index in [1.165, 1.54) is 0 Å². The molecule has 23 heavy (non-hydrogen) atoms. The summed E-state index contributed by atoms with van der Waals surface area (Å²) in [6.45, 7) is 5.05. The quantitative estimate of drug-likeness (QED) is 0.814. The molecular formula is C17H23N3O3. The van der Waals surface area contributed by atoms with Crippen LogP contribution in [-0.4, -0.2) is 44.6 Å². The molecule has 1 unspecified atom stereocenters. The molecule has 0 aromatic heterocycles. The number of carbonyl (C=O) groups is 2. The molecule has 124 valence electrons. The van der Waals surface area contributed by atoms with Crippen molar-refractivity contribution in [1.29, 1.82) is 0 Å². The monoisotopic (exact) mass is 317 g/mol. The highest BCUT2D eigenvalue weighted by Gasteiger charge is 2.30. The van der Waals surface area contributed by atoms with Gasteiger partial charge in [-0.05, 0) is 19.4 Å². The van der Waals surface area contributed by atoms with Crippen LogP contribution in [0.5, 0.6) is 5.75 Å². The maximum atomic E-state index is 12.1. The average molecular weight is 317 g/mol. The molecule has 2 aliphatic heterocycles. The zero-order valence-electron chi connectivity index (χ0n) is 13.6. The van der Waals surface area contributed by atoms with Crippen molar-refractivity contribution in [2.75, 3.05) is 31.6 Å². The van der Waals surface area contributed by atoms with E-state index in [1.54, 1.807) is 7.11 Å². The van der Waals surface area contributed by atoms with Gasteiger partial charge < -0.3 is 15.0 Å². The molecule has 2 saturated heterocycles. The van der Waals surface area contributed by atoms with Gasteiger partial charge in [-0.2, -0.15) is 0 Å². The molecule has 1 aromatic rings. The van der Waals surface area contributed by atoms with Crippen molar-refractivity contribution in [1.82, 2.24) is 10.6 Å². The first-order valence-corrected chi connectivity index (χ1v) is 8.09. The van der Waals surface area contributed by atoms with Crippen molar-refractivity contribution in [3.8, 4) is 5.75 Å². The fourth-order valence-corrected chi connectivity index (χ4v) is 3.38. The Hall–Kier alpha value is -2.08. The lowest BCUT2D eigenvalue weighted by Gasteiger charge is -2.36. The molecule has 2 atom stereocenters. The van der Waals surface area contributed by atoms with E-state index in [9.17, 15) is 9.59 Å². The topological polar surface area (TPSA) is 70.7 Å². The number of piperazine rings is 1. The van der Waals surface area contributed by atoms with E-state index >= 15 is 0 Å². The van der Waals surface area contributed by atoms with Crippen LogP contribution >= 0.6 is 0 Å². The van der Waals surface area contributed by atoms with Crippen LogP contribution in [0.25, 0.3) is 0 Å². The van der Waals surface area contributed by atoms with Gasteiger partial charge in [-0.1, -0.05) is 6.07 Å². The van der Waals surface area contributed by atoms with Gasteiger partial charge in [0.25, 0.3) is 0 Å². The van der Waals surface area contributed by atoms with Crippen molar-refractivity contribution in [2.45, 2.75) is 31.7 Å². The smallest absolute Gasteiger partial charge is 0.234 e. The van der Waals surface area contributed by atoms with E-state index in [0.29, 0.717) is 24.6 Å². The van der Waals surface area contributed by atoms with Crippen LogP contribution in [0.4, 0.5) is 5.69 Å². The zero-order chi connectivity index (χ0) is 16.4. The largest absolute Gasteiger partial charge is 0.496 e. The molecule has 6 heteroatoms. The molecular weight excluding hydrogens is 294 g/mol. The normalized spacial score (nSPS) is 25.2. The average Bonchev–Trinajstić information content (AvgIpc) is 2.55. The lowest BCUT2D eigenvalue weighted by Crippen LogP contribution is -2.49. The van der Waals surface area contributed by atoms with Gasteiger partial charge in [-0.3, -0.25) is 14.9 Å². The third-order valence-electron chi connectivity index (χ3n) is 4.66. The Morgan fingerprint density at radius 2 is 2.13 bits per heavy atom. The van der Waals surface area contributed by atoms with Crippen LogP contribution in [0.2, 0.25) is 0 Å². The lowest BCUT2D eigenvalue weighted by molar-refractivity contribution is -0.134. The zero-order valence-corrected chi connectivity index (χ0v) is 13.6. The number of benzene rings is 1. The summed E-state index contributed by atoms with van der Waals surface area (Å²) in [5.41, 5.74) is 1.95. The SMILES string of the molecule is COc1cc(N2CCNC[C@H]2C)ccc1C1CCC(=O)NC1=O. The summed E-state index contributed by atoms with van der Waals surface area (Å²) in [7, 11) is 1.62. The molecule has 2 N–H and O–H groups in total. The molecule has 0 spiro atoms. The minimum Gasteiger partial charge on any atom is -0.496 e. The van der Waals surface area contributed by atoms with E-state index in [4.69, 9.17) is 4.74 Å². The molecule has 2 fully saturated rings. The van der Waals surface area contributed by atoms with Gasteiger partial charge in [0, 0.05) is 49.4 Å². The summed E-state index contributed by atoms with van der Waals surface area (Å²) < 4.78 is 5.53. The minimum atomic E-state index is -0.322. The van der Waals surface area contributed by atoms with Gasteiger partial charge in [0.1, 0.15) is 5.75 Å². The second kappa shape index (κ2) is 6.58. The first-order chi connectivity index (χ1) is 11.1. The predicted molar refractivity (Wildman–Crippen MR) is 87.8 cm³/mol. The van der Waals surface area contributed by atoms with Crippen LogP contribution in [0, 0.1) is 0 Å².